The molecule has 0 saturated heterocycles. The maximum atomic E-state index is 5.07. The molecule has 8 aromatic carbocycles. The summed E-state index contributed by atoms with van der Waals surface area (Å²) in [5.74, 6) is 0.840. The third kappa shape index (κ3) is 7.36. The number of aromatic nitrogens is 4. The van der Waals surface area contributed by atoms with E-state index in [0.717, 1.165) is 83.7 Å². The summed E-state index contributed by atoms with van der Waals surface area (Å²) in [6.45, 7) is 8.82. The van der Waals surface area contributed by atoms with Crippen LogP contribution >= 0.6 is 0 Å². The van der Waals surface area contributed by atoms with E-state index in [2.05, 4.69) is 253 Å². The van der Waals surface area contributed by atoms with Crippen molar-refractivity contribution in [2.75, 3.05) is 4.90 Å². The molecule has 0 amide bonds. The minimum atomic E-state index is 0. The molecule has 0 spiro atoms. The molecule has 6 heteroatoms. The van der Waals surface area contributed by atoms with Gasteiger partial charge in [0, 0.05) is 61.7 Å². The van der Waals surface area contributed by atoms with E-state index >= 15 is 0 Å². The van der Waals surface area contributed by atoms with Crippen molar-refractivity contribution in [3.05, 3.63) is 224 Å². The van der Waals surface area contributed by atoms with Crippen molar-refractivity contribution < 1.29 is 21.1 Å². The number of rotatable bonds is 9. The van der Waals surface area contributed by atoms with Crippen molar-refractivity contribution in [1.29, 1.82) is 0 Å². The van der Waals surface area contributed by atoms with Gasteiger partial charge in [-0.3, -0.25) is 0 Å². The SMILES string of the molecule is Cc1cccc(C)c1-c1ccnc(-n2c3[c-]c(N(c4[c-]c(-n5[cH+]n(C(C)C)c6ccccc65)ccc4)c4c(-c5ccccc5)cccc4-c4ccccc4)ccc3c3ccccc32)c1.[Pt]. The van der Waals surface area contributed by atoms with E-state index in [1.54, 1.807) is 0 Å². The van der Waals surface area contributed by atoms with E-state index in [-0.39, 0.29) is 27.1 Å². The van der Waals surface area contributed by atoms with Crippen LogP contribution in [0.15, 0.2) is 201 Å². The molecule has 65 heavy (non-hydrogen) atoms. The molecule has 0 bridgehead atoms. The minimum absolute atomic E-state index is 0. The van der Waals surface area contributed by atoms with Crippen molar-refractivity contribution in [1.82, 2.24) is 18.7 Å². The Morgan fingerprint density at radius 3 is 1.83 bits per heavy atom. The van der Waals surface area contributed by atoms with Crippen molar-refractivity contribution in [3.8, 4) is 44.9 Å². The third-order valence-electron chi connectivity index (χ3n) is 12.5. The molecule has 5 nitrogen and oxygen atoms in total. The molecule has 0 aliphatic rings. The summed E-state index contributed by atoms with van der Waals surface area (Å²) in [6.07, 6.45) is 4.14. The molecule has 11 aromatic rings. The number of hydrogen-bond donors (Lipinski definition) is 0. The molecule has 11 rings (SSSR count). The number of anilines is 3. The average Bonchev–Trinajstić information content (AvgIpc) is 3.89. The first-order valence-corrected chi connectivity index (χ1v) is 22.0. The van der Waals surface area contributed by atoms with Crippen LogP contribution in [0.3, 0.4) is 0 Å². The van der Waals surface area contributed by atoms with Gasteiger partial charge >= 0.3 is 0 Å². The van der Waals surface area contributed by atoms with Gasteiger partial charge in [0.2, 0.25) is 0 Å². The molecule has 0 fully saturated rings. The average molecular weight is 1020 g/mol. The summed E-state index contributed by atoms with van der Waals surface area (Å²) in [7, 11) is 0. The summed E-state index contributed by atoms with van der Waals surface area (Å²) < 4.78 is 6.87. The van der Waals surface area contributed by atoms with Gasteiger partial charge in [0.25, 0.3) is 0 Å². The van der Waals surface area contributed by atoms with Gasteiger partial charge in [0.15, 0.2) is 17.4 Å². The Bertz CT molecular complexity index is 3430. The van der Waals surface area contributed by atoms with E-state index in [0.29, 0.717) is 0 Å². The van der Waals surface area contributed by atoms with E-state index in [1.807, 2.05) is 6.20 Å². The van der Waals surface area contributed by atoms with Crippen LogP contribution in [0, 0.1) is 26.0 Å². The topological polar surface area (TPSA) is 30.9 Å². The zero-order valence-electron chi connectivity index (χ0n) is 36.7. The van der Waals surface area contributed by atoms with Gasteiger partial charge in [-0.2, -0.15) is 12.1 Å². The predicted octanol–water partition coefficient (Wildman–Crippen LogP) is 15.5. The Kier molecular flexibility index (Phi) is 11.1. The monoisotopic (exact) mass is 1020 g/mol. The van der Waals surface area contributed by atoms with Crippen molar-refractivity contribution in [2.45, 2.75) is 33.7 Å². The van der Waals surface area contributed by atoms with Crippen molar-refractivity contribution in [2.24, 2.45) is 0 Å². The number of imidazole rings is 1. The minimum Gasteiger partial charge on any atom is -0.357 e. The molecular weight excluding hydrogens is 974 g/mol. The number of benzene rings is 8. The molecule has 318 valence electrons. The van der Waals surface area contributed by atoms with Crippen molar-refractivity contribution >= 4 is 49.9 Å². The molecule has 0 unspecified atom stereocenters. The van der Waals surface area contributed by atoms with Crippen LogP contribution in [0.2, 0.25) is 0 Å². The first-order valence-electron chi connectivity index (χ1n) is 22.0. The van der Waals surface area contributed by atoms with E-state index < -0.39 is 0 Å². The van der Waals surface area contributed by atoms with Crippen LogP contribution in [-0.4, -0.2) is 18.7 Å². The van der Waals surface area contributed by atoms with E-state index in [9.17, 15) is 0 Å². The zero-order valence-corrected chi connectivity index (χ0v) is 39.0. The second-order valence-electron chi connectivity index (χ2n) is 16.8. The summed E-state index contributed by atoms with van der Waals surface area (Å²) in [4.78, 5) is 7.43. The third-order valence-corrected chi connectivity index (χ3v) is 12.5. The second-order valence-corrected chi connectivity index (χ2v) is 16.8. The largest absolute Gasteiger partial charge is 0.357 e. The van der Waals surface area contributed by atoms with Crippen LogP contribution in [0.25, 0.3) is 77.7 Å². The van der Waals surface area contributed by atoms with Gasteiger partial charge < -0.3 is 9.47 Å². The molecule has 0 radical (unpaired) electrons. The summed E-state index contributed by atoms with van der Waals surface area (Å²) in [5.41, 5.74) is 17.3. The molecule has 0 N–H and O–H groups in total. The Morgan fingerprint density at radius 2 is 1.14 bits per heavy atom. The standard InChI is InChI=1S/C59H46N5.Pt/c1-40(2)61-39-62(55-31-14-13-30-54(55)61)46-24-16-25-47(37-46)63(59-49(43-20-7-5-8-21-43)27-17-28-50(59)44-22-9-6-10-23-44)48-32-33-52-51-26-11-12-29-53(51)64(56(52)38-48)57-36-45(34-35-60-57)58-41(3)18-15-19-42(58)4;/h5-36,39-40H,1-4H3;/q-1;. The summed E-state index contributed by atoms with van der Waals surface area (Å²) in [6, 6.07) is 75.3. The maximum Gasteiger partial charge on any atom is 0.188 e. The number of aryl methyl sites for hydroxylation is 2. The first kappa shape index (κ1) is 41.7. The van der Waals surface area contributed by atoms with E-state index in [1.165, 1.54) is 22.2 Å². The molecule has 3 aromatic heterocycles. The molecule has 3 heterocycles. The Labute approximate surface area is 394 Å². The summed E-state index contributed by atoms with van der Waals surface area (Å²) in [5, 5.41) is 2.25. The molecule has 0 saturated carbocycles. The number of nitrogens with zero attached hydrogens (tertiary/aromatic N) is 5. The number of pyridine rings is 1. The summed E-state index contributed by atoms with van der Waals surface area (Å²) >= 11 is 0. The van der Waals surface area contributed by atoms with Crippen LogP contribution in [0.5, 0.6) is 0 Å². The van der Waals surface area contributed by atoms with Crippen LogP contribution in [0.4, 0.5) is 17.1 Å². The Balaban J connectivity index is 0.00000498. The number of fused-ring (bicyclic) bond motifs is 4. The fraction of sp³-hybridized carbons (Fsp3) is 0.0847. The quantitative estimate of drug-likeness (QED) is 0.135. The Hall–Kier alpha value is -7.33. The normalized spacial score (nSPS) is 11.4. The maximum absolute atomic E-state index is 5.07. The van der Waals surface area contributed by atoms with Crippen LogP contribution < -0.4 is 4.90 Å². The van der Waals surface area contributed by atoms with Gasteiger partial charge in [-0.05, 0) is 96.8 Å². The predicted molar refractivity (Wildman–Crippen MR) is 266 cm³/mol. The van der Waals surface area contributed by atoms with Crippen molar-refractivity contribution in [3.63, 3.8) is 0 Å². The van der Waals surface area contributed by atoms with Gasteiger partial charge in [0.1, 0.15) is 5.82 Å². The Morgan fingerprint density at radius 1 is 0.538 bits per heavy atom. The molecule has 0 atom stereocenters. The van der Waals surface area contributed by atoms with Gasteiger partial charge in [0.05, 0.1) is 11.7 Å². The van der Waals surface area contributed by atoms with E-state index in [4.69, 9.17) is 4.98 Å². The molecule has 0 aliphatic carbocycles. The second kappa shape index (κ2) is 17.3. The van der Waals surface area contributed by atoms with Gasteiger partial charge in [-0.25, -0.2) is 14.1 Å². The fourth-order valence-electron chi connectivity index (χ4n) is 9.53. The first-order chi connectivity index (χ1) is 31.4. The molecule has 0 aliphatic heterocycles. The zero-order chi connectivity index (χ0) is 43.3. The number of para-hydroxylation sites is 4. The smallest absolute Gasteiger partial charge is 0.188 e. The van der Waals surface area contributed by atoms with Gasteiger partial charge in [-0.15, -0.1) is 29.7 Å². The molecular formula is C59H46N5Pt-. The van der Waals surface area contributed by atoms with Gasteiger partial charge in [-0.1, -0.05) is 138 Å². The fourth-order valence-corrected chi connectivity index (χ4v) is 9.53. The van der Waals surface area contributed by atoms with Crippen LogP contribution in [-0.2, 0) is 21.1 Å². The number of hydrogen-bond acceptors (Lipinski definition) is 2. The van der Waals surface area contributed by atoms with Crippen LogP contribution in [0.1, 0.15) is 31.0 Å².